The first-order chi connectivity index (χ1) is 14.6. The second-order valence-corrected chi connectivity index (χ2v) is 7.04. The number of rotatable bonds is 6. The maximum absolute atomic E-state index is 5.20. The fraction of sp³-hybridized carbons (Fsp3) is 0.120. The molecule has 0 aliphatic rings. The molecule has 4 rings (SSSR count). The minimum atomic E-state index is 0.843. The SMILES string of the molecule is COc1ccc(Nc2ccc(N(C)/N=C/c3ccc4ccccc4[n+]3C)cc2)cc1. The summed E-state index contributed by atoms with van der Waals surface area (Å²) < 4.78 is 7.34. The number of aryl methyl sites for hydroxylation is 1. The van der Waals surface area contributed by atoms with Gasteiger partial charge in [-0.2, -0.15) is 9.67 Å². The summed E-state index contributed by atoms with van der Waals surface area (Å²) in [5, 5.41) is 11.1. The molecular weight excluding hydrogens is 372 g/mol. The largest absolute Gasteiger partial charge is 0.497 e. The molecular formula is C25H25N4O+. The summed E-state index contributed by atoms with van der Waals surface area (Å²) >= 11 is 0. The van der Waals surface area contributed by atoms with E-state index in [-0.39, 0.29) is 0 Å². The second-order valence-electron chi connectivity index (χ2n) is 7.04. The Balaban J connectivity index is 1.45. The Labute approximate surface area is 176 Å². The number of hydrogen-bond donors (Lipinski definition) is 1. The van der Waals surface area contributed by atoms with E-state index in [1.165, 1.54) is 10.9 Å². The Morgan fingerprint density at radius 1 is 0.867 bits per heavy atom. The van der Waals surface area contributed by atoms with Crippen molar-refractivity contribution < 1.29 is 9.30 Å². The third-order valence-electron chi connectivity index (χ3n) is 5.10. The number of ether oxygens (including phenoxy) is 1. The van der Waals surface area contributed by atoms with Crippen molar-refractivity contribution in [3.63, 3.8) is 0 Å². The number of fused-ring (bicyclic) bond motifs is 1. The number of nitrogens with one attached hydrogen (secondary N) is 1. The van der Waals surface area contributed by atoms with Crippen LogP contribution in [0.15, 0.2) is 90.0 Å². The molecule has 4 aromatic rings. The zero-order valence-electron chi connectivity index (χ0n) is 17.4. The van der Waals surface area contributed by atoms with Crippen molar-refractivity contribution in [1.29, 1.82) is 0 Å². The van der Waals surface area contributed by atoms with E-state index in [9.17, 15) is 0 Å². The number of nitrogens with zero attached hydrogens (tertiary/aromatic N) is 3. The van der Waals surface area contributed by atoms with E-state index in [1.807, 2.05) is 66.8 Å². The molecule has 0 radical (unpaired) electrons. The van der Waals surface area contributed by atoms with Crippen molar-refractivity contribution in [1.82, 2.24) is 0 Å². The summed E-state index contributed by atoms with van der Waals surface area (Å²) in [7, 11) is 5.67. The first kappa shape index (κ1) is 19.5. The molecule has 1 aromatic heterocycles. The van der Waals surface area contributed by atoms with E-state index in [2.05, 4.69) is 58.4 Å². The average Bonchev–Trinajstić information content (AvgIpc) is 2.79. The fourth-order valence-corrected chi connectivity index (χ4v) is 3.30. The van der Waals surface area contributed by atoms with Crippen LogP contribution in [-0.4, -0.2) is 20.4 Å². The van der Waals surface area contributed by atoms with Gasteiger partial charge in [0.15, 0.2) is 0 Å². The molecule has 0 amide bonds. The van der Waals surface area contributed by atoms with E-state index in [1.54, 1.807) is 7.11 Å². The van der Waals surface area contributed by atoms with Crippen LogP contribution in [0.1, 0.15) is 5.69 Å². The van der Waals surface area contributed by atoms with Gasteiger partial charge in [0, 0.05) is 35.9 Å². The van der Waals surface area contributed by atoms with Gasteiger partial charge in [0.05, 0.1) is 12.8 Å². The summed E-state index contributed by atoms with van der Waals surface area (Å²) in [6.07, 6.45) is 1.88. The second kappa shape index (κ2) is 8.66. The molecule has 0 unspecified atom stereocenters. The number of aromatic nitrogens is 1. The summed E-state index contributed by atoms with van der Waals surface area (Å²) in [5.74, 6) is 0.843. The number of anilines is 3. The van der Waals surface area contributed by atoms with E-state index in [0.29, 0.717) is 0 Å². The molecule has 3 aromatic carbocycles. The van der Waals surface area contributed by atoms with E-state index in [0.717, 1.165) is 28.5 Å². The van der Waals surface area contributed by atoms with Gasteiger partial charge in [0.1, 0.15) is 19.0 Å². The molecule has 0 aliphatic heterocycles. The summed E-state index contributed by atoms with van der Waals surface area (Å²) in [6.45, 7) is 0. The molecule has 1 N–H and O–H groups in total. The standard InChI is InChI=1S/C25H25N4O/c1-28-23(13-8-19-6-4-5-7-25(19)28)18-26-29(2)22-14-9-20(10-15-22)27-21-11-16-24(30-3)17-12-21/h4-18,27H,1-3H3/q+1. The van der Waals surface area contributed by atoms with Crippen LogP contribution in [0.4, 0.5) is 17.1 Å². The third kappa shape index (κ3) is 4.25. The molecule has 0 saturated heterocycles. The first-order valence-electron chi connectivity index (χ1n) is 9.81. The van der Waals surface area contributed by atoms with Crippen molar-refractivity contribution in [2.75, 3.05) is 24.5 Å². The zero-order valence-corrected chi connectivity index (χ0v) is 17.4. The van der Waals surface area contributed by atoms with Crippen molar-refractivity contribution in [3.8, 4) is 5.75 Å². The van der Waals surface area contributed by atoms with Gasteiger partial charge in [-0.05, 0) is 60.7 Å². The van der Waals surface area contributed by atoms with Gasteiger partial charge in [0.2, 0.25) is 11.2 Å². The van der Waals surface area contributed by atoms with Crippen LogP contribution in [0, 0.1) is 0 Å². The molecule has 1 heterocycles. The van der Waals surface area contributed by atoms with E-state index in [4.69, 9.17) is 4.74 Å². The minimum Gasteiger partial charge on any atom is -0.497 e. The Morgan fingerprint density at radius 2 is 1.53 bits per heavy atom. The molecule has 0 aliphatic carbocycles. The Kier molecular flexibility index (Phi) is 5.61. The Morgan fingerprint density at radius 3 is 2.23 bits per heavy atom. The molecule has 150 valence electrons. The van der Waals surface area contributed by atoms with Crippen LogP contribution in [-0.2, 0) is 7.05 Å². The molecule has 0 fully saturated rings. The van der Waals surface area contributed by atoms with Gasteiger partial charge < -0.3 is 10.1 Å². The molecule has 0 bridgehead atoms. The highest BCUT2D eigenvalue weighted by atomic mass is 16.5. The topological polar surface area (TPSA) is 40.7 Å². The average molecular weight is 398 g/mol. The highest BCUT2D eigenvalue weighted by Gasteiger charge is 2.09. The van der Waals surface area contributed by atoms with Crippen LogP contribution in [0.3, 0.4) is 0 Å². The van der Waals surface area contributed by atoms with Crippen molar-refractivity contribution >= 4 is 34.2 Å². The number of pyridine rings is 1. The highest BCUT2D eigenvalue weighted by molar-refractivity contribution is 5.81. The van der Waals surface area contributed by atoms with Crippen LogP contribution in [0.5, 0.6) is 5.75 Å². The lowest BCUT2D eigenvalue weighted by Gasteiger charge is -2.14. The molecule has 30 heavy (non-hydrogen) atoms. The van der Waals surface area contributed by atoms with Crippen molar-refractivity contribution in [2.45, 2.75) is 0 Å². The van der Waals surface area contributed by atoms with Gasteiger partial charge in [-0.15, -0.1) is 0 Å². The zero-order chi connectivity index (χ0) is 20.9. The number of hydrogen-bond acceptors (Lipinski definition) is 4. The van der Waals surface area contributed by atoms with Crippen molar-refractivity contribution in [3.05, 3.63) is 90.6 Å². The lowest BCUT2D eigenvalue weighted by molar-refractivity contribution is -0.645. The predicted octanol–water partition coefficient (Wildman–Crippen LogP) is 4.89. The normalized spacial score (nSPS) is 11.0. The number of para-hydroxylation sites is 1. The van der Waals surface area contributed by atoms with Crippen molar-refractivity contribution in [2.24, 2.45) is 12.1 Å². The third-order valence-corrected chi connectivity index (χ3v) is 5.10. The fourth-order valence-electron chi connectivity index (χ4n) is 3.30. The molecule has 5 nitrogen and oxygen atoms in total. The van der Waals surface area contributed by atoms with Crippen LogP contribution in [0.2, 0.25) is 0 Å². The highest BCUT2D eigenvalue weighted by Crippen LogP contribution is 2.22. The number of methoxy groups -OCH3 is 1. The Hall–Kier alpha value is -3.86. The quantitative estimate of drug-likeness (QED) is 0.286. The van der Waals surface area contributed by atoms with Crippen LogP contribution in [0.25, 0.3) is 10.9 Å². The monoisotopic (exact) mass is 397 g/mol. The van der Waals surface area contributed by atoms with Crippen LogP contribution >= 0.6 is 0 Å². The number of hydrazone groups is 1. The van der Waals surface area contributed by atoms with Gasteiger partial charge in [0.25, 0.3) is 0 Å². The predicted molar refractivity (Wildman–Crippen MR) is 124 cm³/mol. The van der Waals surface area contributed by atoms with Gasteiger partial charge in [-0.1, -0.05) is 12.1 Å². The maximum Gasteiger partial charge on any atom is 0.225 e. The van der Waals surface area contributed by atoms with E-state index >= 15 is 0 Å². The van der Waals surface area contributed by atoms with E-state index < -0.39 is 0 Å². The summed E-state index contributed by atoms with van der Waals surface area (Å²) in [6, 6.07) is 28.6. The van der Waals surface area contributed by atoms with Gasteiger partial charge in [-0.25, -0.2) is 0 Å². The molecule has 0 spiro atoms. The molecule has 0 saturated carbocycles. The maximum atomic E-state index is 5.20. The summed E-state index contributed by atoms with van der Waals surface area (Å²) in [4.78, 5) is 0. The van der Waals surface area contributed by atoms with Gasteiger partial charge in [-0.3, -0.25) is 5.01 Å². The first-order valence-corrected chi connectivity index (χ1v) is 9.81. The lowest BCUT2D eigenvalue weighted by atomic mass is 10.2. The summed E-state index contributed by atoms with van der Waals surface area (Å²) in [5.41, 5.74) is 5.26. The molecule has 5 heteroatoms. The smallest absolute Gasteiger partial charge is 0.225 e. The molecule has 0 atom stereocenters. The number of benzene rings is 3. The lowest BCUT2D eigenvalue weighted by Crippen LogP contribution is -2.34. The van der Waals surface area contributed by atoms with Gasteiger partial charge >= 0.3 is 0 Å². The minimum absolute atomic E-state index is 0.843. The Bertz CT molecular complexity index is 1170. The van der Waals surface area contributed by atoms with Crippen LogP contribution < -0.4 is 19.6 Å².